The highest BCUT2D eigenvalue weighted by molar-refractivity contribution is 8.22. The van der Waals surface area contributed by atoms with Gasteiger partial charge in [-0.25, -0.2) is 0 Å². The zero-order valence-corrected chi connectivity index (χ0v) is 8.78. The summed E-state index contributed by atoms with van der Waals surface area (Å²) in [5.41, 5.74) is 0. The number of rotatable bonds is 0. The third-order valence-corrected chi connectivity index (χ3v) is 7.70. The van der Waals surface area contributed by atoms with Crippen molar-refractivity contribution < 1.29 is 0 Å². The van der Waals surface area contributed by atoms with Gasteiger partial charge in [0, 0.05) is 15.0 Å². The van der Waals surface area contributed by atoms with Crippen LogP contribution in [0, 0.1) is 5.92 Å². The van der Waals surface area contributed by atoms with Crippen LogP contribution in [0.2, 0.25) is 6.04 Å². The molecule has 0 N–H and O–H groups in total. The fraction of sp³-hybridized carbons (Fsp3) is 0.375. The molecule has 0 fully saturated rings. The molecule has 3 heterocycles. The first kappa shape index (κ1) is 6.75. The molecule has 3 heteroatoms. The Hall–Kier alpha value is 0.267. The molecule has 3 rings (SSSR count). The lowest BCUT2D eigenvalue weighted by Crippen LogP contribution is -2.27. The molecule has 0 radical (unpaired) electrons. The van der Waals surface area contributed by atoms with Crippen LogP contribution in [-0.4, -0.2) is 18.4 Å². The van der Waals surface area contributed by atoms with Crippen molar-refractivity contribution in [3.05, 3.63) is 23.0 Å². The van der Waals surface area contributed by atoms with Crippen LogP contribution in [0.5, 0.6) is 0 Å². The van der Waals surface area contributed by atoms with Gasteiger partial charge in [-0.2, -0.15) is 0 Å². The number of hydrogen-bond acceptors (Lipinski definition) is 2. The Labute approximate surface area is 77.0 Å². The summed E-state index contributed by atoms with van der Waals surface area (Å²) in [6.07, 6.45) is 4.77. The van der Waals surface area contributed by atoms with Gasteiger partial charge in [0.15, 0.2) is 0 Å². The van der Waals surface area contributed by atoms with Crippen molar-refractivity contribution in [1.82, 2.24) is 0 Å². The monoisotopic (exact) mass is 196 g/mol. The van der Waals surface area contributed by atoms with Gasteiger partial charge in [-0.15, -0.1) is 23.5 Å². The maximum atomic E-state index is 2.41. The average molecular weight is 196 g/mol. The van der Waals surface area contributed by atoms with Crippen LogP contribution >= 0.6 is 23.5 Å². The molecule has 3 aliphatic heterocycles. The van der Waals surface area contributed by atoms with E-state index in [1.807, 2.05) is 23.5 Å². The molecule has 0 aliphatic carbocycles. The zero-order chi connectivity index (χ0) is 7.31. The lowest BCUT2D eigenvalue weighted by atomic mass is 10.1. The second-order valence-corrected chi connectivity index (χ2v) is 7.10. The summed E-state index contributed by atoms with van der Waals surface area (Å²) in [5, 5.41) is 6.33. The molecular weight excluding hydrogens is 188 g/mol. The molecule has 2 unspecified atom stereocenters. The fourth-order valence-electron chi connectivity index (χ4n) is 1.94. The molecule has 11 heavy (non-hydrogen) atoms. The van der Waals surface area contributed by atoms with Gasteiger partial charge in [-0.1, -0.05) is 12.2 Å². The minimum atomic E-state index is 0.481. The molecular formula is C8H8S2Si. The number of thioether (sulfide) groups is 2. The van der Waals surface area contributed by atoms with Crippen LogP contribution in [0.3, 0.4) is 0 Å². The van der Waals surface area contributed by atoms with Crippen LogP contribution in [0.4, 0.5) is 0 Å². The van der Waals surface area contributed by atoms with Crippen molar-refractivity contribution in [2.45, 2.75) is 10.1 Å². The first-order valence-corrected chi connectivity index (χ1v) is 6.97. The fourth-order valence-corrected chi connectivity index (χ4v) is 7.63. The standard InChI is InChI=1S/C8H8S2Si/c1-3-9-8-6(1)5-11-7(8)2-4-10-8/h1-4,6,11H,5H2. The maximum Gasteiger partial charge on any atom is 0.0958 e. The van der Waals surface area contributed by atoms with E-state index in [-0.39, 0.29) is 0 Å². The number of allylic oxidation sites excluding steroid dienone is 2. The van der Waals surface area contributed by atoms with Crippen LogP contribution in [0.25, 0.3) is 0 Å². The SMILES string of the molecule is C1=CC2=[SiH]CC3C=CSC23S1. The Morgan fingerprint density at radius 2 is 2.36 bits per heavy atom. The summed E-state index contributed by atoms with van der Waals surface area (Å²) in [6, 6.07) is 1.45. The van der Waals surface area contributed by atoms with Crippen molar-refractivity contribution in [2.24, 2.45) is 5.92 Å². The van der Waals surface area contributed by atoms with Crippen molar-refractivity contribution in [2.75, 3.05) is 0 Å². The highest BCUT2D eigenvalue weighted by atomic mass is 32.2. The highest BCUT2D eigenvalue weighted by Crippen LogP contribution is 2.56. The molecule has 0 saturated heterocycles. The topological polar surface area (TPSA) is 0 Å². The third-order valence-electron chi connectivity index (χ3n) is 2.53. The highest BCUT2D eigenvalue weighted by Gasteiger charge is 2.48. The molecule has 0 bridgehead atoms. The minimum absolute atomic E-state index is 0.481. The van der Waals surface area contributed by atoms with Crippen LogP contribution in [-0.2, 0) is 0 Å². The van der Waals surface area contributed by atoms with E-state index in [0.29, 0.717) is 13.2 Å². The predicted molar refractivity (Wildman–Crippen MR) is 56.6 cm³/mol. The number of hydrogen-bond donors (Lipinski definition) is 0. The Bertz CT molecular complexity index is 288. The van der Waals surface area contributed by atoms with Crippen molar-refractivity contribution >= 4 is 37.8 Å². The molecule has 1 spiro atoms. The van der Waals surface area contributed by atoms with Gasteiger partial charge in [-0.3, -0.25) is 0 Å². The third kappa shape index (κ3) is 0.718. The van der Waals surface area contributed by atoms with Crippen molar-refractivity contribution in [3.63, 3.8) is 0 Å². The van der Waals surface area contributed by atoms with Gasteiger partial charge >= 0.3 is 0 Å². The van der Waals surface area contributed by atoms with E-state index in [9.17, 15) is 0 Å². The van der Waals surface area contributed by atoms with E-state index in [4.69, 9.17) is 0 Å². The molecule has 0 aromatic rings. The molecule has 2 atom stereocenters. The Morgan fingerprint density at radius 1 is 1.45 bits per heavy atom. The van der Waals surface area contributed by atoms with Crippen molar-refractivity contribution in [1.29, 1.82) is 0 Å². The largest absolute Gasteiger partial charge is 0.111 e. The van der Waals surface area contributed by atoms with Gasteiger partial charge < -0.3 is 0 Å². The first-order chi connectivity index (χ1) is 5.42. The van der Waals surface area contributed by atoms with E-state index < -0.39 is 0 Å². The van der Waals surface area contributed by atoms with Crippen molar-refractivity contribution in [3.8, 4) is 0 Å². The van der Waals surface area contributed by atoms with Gasteiger partial charge in [0.2, 0.25) is 0 Å². The maximum absolute atomic E-state index is 2.41. The molecule has 3 aliphatic rings. The van der Waals surface area contributed by atoms with E-state index in [1.54, 1.807) is 5.17 Å². The van der Waals surface area contributed by atoms with Gasteiger partial charge in [-0.05, 0) is 22.0 Å². The lowest BCUT2D eigenvalue weighted by molar-refractivity contribution is 0.782. The van der Waals surface area contributed by atoms with E-state index in [0.717, 1.165) is 5.92 Å². The second kappa shape index (κ2) is 2.15. The molecule has 0 saturated carbocycles. The first-order valence-electron chi connectivity index (χ1n) is 3.81. The van der Waals surface area contributed by atoms with E-state index in [1.165, 1.54) is 6.04 Å². The minimum Gasteiger partial charge on any atom is -0.111 e. The van der Waals surface area contributed by atoms with Gasteiger partial charge in [0.05, 0.1) is 4.08 Å². The predicted octanol–water partition coefficient (Wildman–Crippen LogP) is 1.86. The Kier molecular flexibility index (Phi) is 1.32. The van der Waals surface area contributed by atoms with Crippen LogP contribution < -0.4 is 0 Å². The summed E-state index contributed by atoms with van der Waals surface area (Å²) in [5.74, 6) is 0.859. The normalized spacial score (nSPS) is 44.4. The summed E-state index contributed by atoms with van der Waals surface area (Å²) < 4.78 is 0.481. The molecule has 56 valence electrons. The molecule has 0 aromatic carbocycles. The average Bonchev–Trinajstić information content (AvgIpc) is 2.55. The Morgan fingerprint density at radius 3 is 3.36 bits per heavy atom. The summed E-state index contributed by atoms with van der Waals surface area (Å²) >= 11 is 4.07. The molecule has 0 aromatic heterocycles. The van der Waals surface area contributed by atoms with Crippen LogP contribution in [0.1, 0.15) is 0 Å². The summed E-state index contributed by atoms with van der Waals surface area (Å²) in [4.78, 5) is 0. The van der Waals surface area contributed by atoms with Gasteiger partial charge in [0.25, 0.3) is 0 Å². The smallest absolute Gasteiger partial charge is 0.0958 e. The lowest BCUT2D eigenvalue weighted by Gasteiger charge is -2.25. The molecule has 0 nitrogen and oxygen atoms in total. The van der Waals surface area contributed by atoms with Gasteiger partial charge in [0.1, 0.15) is 0 Å². The Balaban J connectivity index is 2.12. The van der Waals surface area contributed by atoms with E-state index >= 15 is 0 Å². The quantitative estimate of drug-likeness (QED) is 0.542. The molecule has 0 amide bonds. The summed E-state index contributed by atoms with van der Waals surface area (Å²) in [7, 11) is 0.617. The second-order valence-electron chi connectivity index (χ2n) is 3.04. The van der Waals surface area contributed by atoms with E-state index in [2.05, 4.69) is 23.0 Å². The summed E-state index contributed by atoms with van der Waals surface area (Å²) in [6.45, 7) is 0. The zero-order valence-electron chi connectivity index (χ0n) is 5.99. The van der Waals surface area contributed by atoms with Crippen LogP contribution in [0.15, 0.2) is 23.0 Å².